The Hall–Kier alpha value is -2.40. The van der Waals surface area contributed by atoms with Crippen LogP contribution in [0.15, 0.2) is 36.5 Å². The molecule has 0 spiro atoms. The Kier molecular flexibility index (Phi) is 2.88. The summed E-state index contributed by atoms with van der Waals surface area (Å²) in [6, 6.07) is 11.0. The van der Waals surface area contributed by atoms with Gasteiger partial charge in [-0.25, -0.2) is 4.98 Å². The number of anilines is 1. The van der Waals surface area contributed by atoms with Gasteiger partial charge in [0.1, 0.15) is 11.5 Å². The van der Waals surface area contributed by atoms with Gasteiger partial charge in [0.05, 0.1) is 10.9 Å². The van der Waals surface area contributed by atoms with Crippen LogP contribution < -0.4 is 4.90 Å². The minimum atomic E-state index is 0.468. The minimum absolute atomic E-state index is 0.468. The maximum Gasteiger partial charge on any atom is 0.140 e. The number of benzene rings is 1. The molecule has 2 aromatic heterocycles. The molecule has 0 saturated carbocycles. The SMILES string of the molecule is c1ccc2c(c1)CN(C1CCOCC1)c1nccc3[nH]nc-2c13. The van der Waals surface area contributed by atoms with Crippen LogP contribution in [0.3, 0.4) is 0 Å². The molecule has 5 rings (SSSR count). The number of hydrogen-bond donors (Lipinski definition) is 1. The smallest absolute Gasteiger partial charge is 0.140 e. The first-order valence-electron chi connectivity index (χ1n) is 8.17. The van der Waals surface area contributed by atoms with Gasteiger partial charge in [0, 0.05) is 37.6 Å². The van der Waals surface area contributed by atoms with E-state index in [0.29, 0.717) is 6.04 Å². The van der Waals surface area contributed by atoms with Crippen LogP contribution in [0, 0.1) is 0 Å². The Morgan fingerprint density at radius 2 is 2.00 bits per heavy atom. The van der Waals surface area contributed by atoms with Gasteiger partial charge in [0.2, 0.25) is 0 Å². The second kappa shape index (κ2) is 5.06. The summed E-state index contributed by atoms with van der Waals surface area (Å²) in [4.78, 5) is 7.19. The van der Waals surface area contributed by atoms with Gasteiger partial charge in [-0.2, -0.15) is 5.10 Å². The highest BCUT2D eigenvalue weighted by atomic mass is 16.5. The number of rotatable bonds is 1. The molecule has 1 aromatic carbocycles. The lowest BCUT2D eigenvalue weighted by atomic mass is 10.0. The Balaban J connectivity index is 1.76. The molecule has 0 amide bonds. The molecule has 4 heterocycles. The predicted molar refractivity (Wildman–Crippen MR) is 89.3 cm³/mol. The summed E-state index contributed by atoms with van der Waals surface area (Å²) in [7, 11) is 0. The molecule has 1 N–H and O–H groups in total. The monoisotopic (exact) mass is 306 g/mol. The molecule has 1 fully saturated rings. The van der Waals surface area contributed by atoms with Gasteiger partial charge in [-0.1, -0.05) is 24.3 Å². The van der Waals surface area contributed by atoms with Crippen molar-refractivity contribution in [1.29, 1.82) is 0 Å². The highest BCUT2D eigenvalue weighted by Gasteiger charge is 2.29. The van der Waals surface area contributed by atoms with Gasteiger partial charge in [0.15, 0.2) is 0 Å². The number of fused-ring (bicyclic) bond motifs is 2. The van der Waals surface area contributed by atoms with E-state index in [1.54, 1.807) is 0 Å². The van der Waals surface area contributed by atoms with Gasteiger partial charge in [-0.15, -0.1) is 0 Å². The third-order valence-electron chi connectivity index (χ3n) is 4.97. The van der Waals surface area contributed by atoms with Gasteiger partial charge < -0.3 is 9.64 Å². The van der Waals surface area contributed by atoms with E-state index in [4.69, 9.17) is 9.72 Å². The highest BCUT2D eigenvalue weighted by molar-refractivity contribution is 6.02. The molecule has 5 heteroatoms. The predicted octanol–water partition coefficient (Wildman–Crippen LogP) is 3.12. The Bertz CT molecular complexity index is 866. The van der Waals surface area contributed by atoms with Crippen LogP contribution >= 0.6 is 0 Å². The van der Waals surface area contributed by atoms with Gasteiger partial charge in [0.25, 0.3) is 0 Å². The Labute approximate surface area is 134 Å². The fourth-order valence-corrected chi connectivity index (χ4v) is 3.81. The number of nitrogens with one attached hydrogen (secondary N) is 1. The van der Waals surface area contributed by atoms with Crippen molar-refractivity contribution < 1.29 is 4.74 Å². The molecule has 0 unspecified atom stereocenters. The van der Waals surface area contributed by atoms with Crippen LogP contribution in [0.4, 0.5) is 5.82 Å². The van der Waals surface area contributed by atoms with Crippen LogP contribution in [0.5, 0.6) is 0 Å². The van der Waals surface area contributed by atoms with E-state index in [0.717, 1.165) is 55.0 Å². The number of nitrogens with zero attached hydrogens (tertiary/aromatic N) is 3. The number of aromatic nitrogens is 3. The molecular formula is C18H18N4O. The standard InChI is InChI=1S/C18H18N4O/c1-2-4-14-12(3-1)11-22(13-6-9-23-10-7-13)18-16-15(5-8-19-18)20-21-17(14)16/h1-5,8,13H,6-7,9-11H2,(H,20,21). The van der Waals surface area contributed by atoms with Crippen molar-refractivity contribution in [3.63, 3.8) is 0 Å². The normalized spacial score (nSPS) is 18.0. The van der Waals surface area contributed by atoms with Gasteiger partial charge in [-0.3, -0.25) is 5.10 Å². The molecule has 23 heavy (non-hydrogen) atoms. The molecule has 0 bridgehead atoms. The van der Waals surface area contributed by atoms with Crippen molar-refractivity contribution in [2.24, 2.45) is 0 Å². The largest absolute Gasteiger partial charge is 0.381 e. The zero-order valence-corrected chi connectivity index (χ0v) is 12.8. The van der Waals surface area contributed by atoms with Gasteiger partial charge in [-0.05, 0) is 24.5 Å². The van der Waals surface area contributed by atoms with E-state index in [2.05, 4.69) is 39.4 Å². The third kappa shape index (κ3) is 1.96. The van der Waals surface area contributed by atoms with E-state index >= 15 is 0 Å². The Morgan fingerprint density at radius 3 is 2.91 bits per heavy atom. The average Bonchev–Trinajstić information content (AvgIpc) is 2.98. The first kappa shape index (κ1) is 13.1. The van der Waals surface area contributed by atoms with Crippen LogP contribution in [-0.2, 0) is 11.3 Å². The molecule has 0 aliphatic carbocycles. The minimum Gasteiger partial charge on any atom is -0.381 e. The first-order chi connectivity index (χ1) is 11.4. The molecule has 1 saturated heterocycles. The maximum absolute atomic E-state index is 5.55. The molecule has 3 aromatic rings. The molecule has 5 nitrogen and oxygen atoms in total. The van der Waals surface area contributed by atoms with Crippen molar-refractivity contribution in [1.82, 2.24) is 15.2 Å². The van der Waals surface area contributed by atoms with Crippen molar-refractivity contribution in [2.45, 2.75) is 25.4 Å². The lowest BCUT2D eigenvalue weighted by molar-refractivity contribution is 0.0840. The van der Waals surface area contributed by atoms with E-state index in [1.807, 2.05) is 12.3 Å². The zero-order chi connectivity index (χ0) is 15.2. The molecule has 2 aliphatic heterocycles. The van der Waals surface area contributed by atoms with Crippen LogP contribution in [0.2, 0.25) is 0 Å². The maximum atomic E-state index is 5.55. The summed E-state index contributed by atoms with van der Waals surface area (Å²) in [5, 5.41) is 8.90. The molecular weight excluding hydrogens is 288 g/mol. The lowest BCUT2D eigenvalue weighted by Gasteiger charge is -2.35. The quantitative estimate of drug-likeness (QED) is 0.750. The van der Waals surface area contributed by atoms with Gasteiger partial charge >= 0.3 is 0 Å². The molecule has 0 atom stereocenters. The summed E-state index contributed by atoms with van der Waals surface area (Å²) in [6.45, 7) is 2.54. The van der Waals surface area contributed by atoms with Crippen LogP contribution in [0.25, 0.3) is 22.2 Å². The molecule has 116 valence electrons. The number of hydrogen-bond acceptors (Lipinski definition) is 4. The van der Waals surface area contributed by atoms with Crippen molar-refractivity contribution in [2.75, 3.05) is 18.1 Å². The highest BCUT2D eigenvalue weighted by Crippen LogP contribution is 2.40. The molecule has 2 aliphatic rings. The van der Waals surface area contributed by atoms with E-state index in [1.165, 1.54) is 11.1 Å². The number of pyridine rings is 1. The van der Waals surface area contributed by atoms with Crippen LogP contribution in [-0.4, -0.2) is 34.4 Å². The lowest BCUT2D eigenvalue weighted by Crippen LogP contribution is -2.39. The van der Waals surface area contributed by atoms with Crippen molar-refractivity contribution in [3.8, 4) is 11.3 Å². The zero-order valence-electron chi connectivity index (χ0n) is 12.8. The topological polar surface area (TPSA) is 54.0 Å². The van der Waals surface area contributed by atoms with E-state index in [9.17, 15) is 0 Å². The number of H-pyrrole nitrogens is 1. The van der Waals surface area contributed by atoms with Crippen LogP contribution in [0.1, 0.15) is 18.4 Å². The van der Waals surface area contributed by atoms with Crippen molar-refractivity contribution in [3.05, 3.63) is 42.1 Å². The van der Waals surface area contributed by atoms with E-state index in [-0.39, 0.29) is 0 Å². The Morgan fingerprint density at radius 1 is 1.13 bits per heavy atom. The summed E-state index contributed by atoms with van der Waals surface area (Å²) < 4.78 is 5.55. The number of ether oxygens (including phenoxy) is 1. The summed E-state index contributed by atoms with van der Waals surface area (Å²) in [5.41, 5.74) is 4.60. The summed E-state index contributed by atoms with van der Waals surface area (Å²) in [6.07, 6.45) is 3.97. The summed E-state index contributed by atoms with van der Waals surface area (Å²) >= 11 is 0. The fraction of sp³-hybridized carbons (Fsp3) is 0.333. The average molecular weight is 306 g/mol. The summed E-state index contributed by atoms with van der Waals surface area (Å²) in [5.74, 6) is 1.05. The van der Waals surface area contributed by atoms with Crippen molar-refractivity contribution >= 4 is 16.7 Å². The third-order valence-corrected chi connectivity index (χ3v) is 4.97. The molecule has 0 radical (unpaired) electrons. The number of aromatic amines is 1. The second-order valence-corrected chi connectivity index (χ2v) is 6.26. The van der Waals surface area contributed by atoms with E-state index < -0.39 is 0 Å². The first-order valence-corrected chi connectivity index (χ1v) is 8.17. The fourth-order valence-electron chi connectivity index (χ4n) is 3.81. The second-order valence-electron chi connectivity index (χ2n) is 6.26.